The Balaban J connectivity index is 0.829. The van der Waals surface area contributed by atoms with E-state index in [1.165, 1.54) is 7.05 Å². The van der Waals surface area contributed by atoms with Crippen LogP contribution in [-0.2, 0) is 43.3 Å². The Hall–Kier alpha value is -7.55. The van der Waals surface area contributed by atoms with Crippen LogP contribution in [0.4, 0.5) is 31.4 Å². The lowest BCUT2D eigenvalue weighted by Crippen LogP contribution is -2.38. The third-order valence-electron chi connectivity index (χ3n) is 12.1. The third kappa shape index (κ3) is 8.80. The van der Waals surface area contributed by atoms with Crippen molar-refractivity contribution >= 4 is 95.6 Å². The van der Waals surface area contributed by atoms with Crippen LogP contribution in [-0.4, -0.2) is 123 Å². The van der Waals surface area contributed by atoms with Crippen molar-refractivity contribution in [3.63, 3.8) is 0 Å². The van der Waals surface area contributed by atoms with Gasteiger partial charge in [0.15, 0.2) is 9.84 Å². The van der Waals surface area contributed by atoms with Gasteiger partial charge in [-0.3, -0.25) is 19.3 Å². The van der Waals surface area contributed by atoms with Gasteiger partial charge in [-0.1, -0.05) is 0 Å². The first kappa shape index (κ1) is 44.6. The Kier molecular flexibility index (Phi) is 11.6. The predicted molar refractivity (Wildman–Crippen MR) is 249 cm³/mol. The topological polar surface area (TPSA) is 257 Å². The summed E-state index contributed by atoms with van der Waals surface area (Å²) in [5, 5.41) is 9.64. The number of alkyl carbamates (subject to hydrolysis) is 2. The van der Waals surface area contributed by atoms with Crippen molar-refractivity contribution in [1.29, 1.82) is 0 Å². The van der Waals surface area contributed by atoms with Crippen LogP contribution >= 0.6 is 0 Å². The molecule has 6 amide bonds. The fourth-order valence-electron chi connectivity index (χ4n) is 8.95. The van der Waals surface area contributed by atoms with Gasteiger partial charge in [-0.15, -0.1) is 0 Å². The summed E-state index contributed by atoms with van der Waals surface area (Å²) >= 11 is 0. The number of hydrogen-bond acceptors (Lipinski definition) is 11. The number of nitrogens with one attached hydrogen (secondary N) is 6. The van der Waals surface area contributed by atoms with Gasteiger partial charge in [-0.25, -0.2) is 22.8 Å². The molecule has 0 radical (unpaired) electrons. The first-order valence-electron chi connectivity index (χ1n) is 21.8. The summed E-state index contributed by atoms with van der Waals surface area (Å²) in [7, 11) is -2.30. The number of aromatic nitrogens is 3. The maximum Gasteiger partial charge on any atom is 0.414 e. The summed E-state index contributed by atoms with van der Waals surface area (Å²) in [6.45, 7) is 5.80. The molecule has 6 heterocycles. The molecule has 20 nitrogen and oxygen atoms in total. The molecule has 21 heteroatoms. The third-order valence-corrected chi connectivity index (χ3v) is 13.6. The lowest BCUT2D eigenvalue weighted by atomic mass is 10.1. The minimum absolute atomic E-state index is 0.174. The quantitative estimate of drug-likeness (QED) is 0.0743. The number of fused-ring (bicyclic) bond motifs is 9. The molecule has 3 aliphatic heterocycles. The first-order valence-corrected chi connectivity index (χ1v) is 23.6. The number of hydrogen-bond donors (Lipinski definition) is 6. The molecular formula is C46H49N9O11S. The maximum atomic E-state index is 14.2. The smallest absolute Gasteiger partial charge is 0.414 e. The molecule has 6 aromatic rings. The first-order chi connectivity index (χ1) is 32.0. The summed E-state index contributed by atoms with van der Waals surface area (Å²) in [6, 6.07) is 16.6. The Morgan fingerprint density at radius 3 is 1.52 bits per heavy atom. The number of nitrogens with zero attached hydrogens (tertiary/aromatic N) is 3. The van der Waals surface area contributed by atoms with Crippen molar-refractivity contribution in [3.8, 4) is 0 Å². The average Bonchev–Trinajstić information content (AvgIpc) is 4.14. The lowest BCUT2D eigenvalue weighted by molar-refractivity contribution is 0.0583. The monoisotopic (exact) mass is 935 g/mol. The second kappa shape index (κ2) is 17.3. The van der Waals surface area contributed by atoms with Crippen LogP contribution in [0.15, 0.2) is 54.6 Å². The van der Waals surface area contributed by atoms with Gasteiger partial charge < -0.3 is 54.9 Å². The van der Waals surface area contributed by atoms with Crippen molar-refractivity contribution in [1.82, 2.24) is 30.9 Å². The SMILES string of the molecule is CNC(=O)OCCS(=O)(=O)CCOC(=O)NCNC(=O)c1cc2c3c(ccc2[nH]1)N(C(=O)c1cc2c4c(ccc2[nH]1)N(C(=O)c1cc2c5c(ccc2[nH]1)N(C(=O)OC(C)(C)C)CC5)CC4)CC3. The lowest BCUT2D eigenvalue weighted by Gasteiger charge is -2.24. The Bertz CT molecular complexity index is 3150. The van der Waals surface area contributed by atoms with E-state index in [4.69, 9.17) is 9.47 Å². The minimum atomic E-state index is -3.65. The van der Waals surface area contributed by atoms with Gasteiger partial charge in [0.1, 0.15) is 35.9 Å². The van der Waals surface area contributed by atoms with Crippen LogP contribution < -0.4 is 30.7 Å². The second-order valence-electron chi connectivity index (χ2n) is 17.5. The van der Waals surface area contributed by atoms with Crippen LogP contribution in [0.3, 0.4) is 0 Å². The molecule has 350 valence electrons. The van der Waals surface area contributed by atoms with E-state index in [-0.39, 0.29) is 30.8 Å². The van der Waals surface area contributed by atoms with E-state index in [9.17, 15) is 37.2 Å². The number of aromatic amines is 3. The van der Waals surface area contributed by atoms with E-state index in [0.717, 1.165) is 60.9 Å². The highest BCUT2D eigenvalue weighted by Crippen LogP contribution is 2.40. The van der Waals surface area contributed by atoms with E-state index in [0.29, 0.717) is 55.8 Å². The highest BCUT2D eigenvalue weighted by atomic mass is 32.2. The number of ether oxygens (including phenoxy) is 3. The largest absolute Gasteiger partial charge is 0.448 e. The Labute approximate surface area is 383 Å². The van der Waals surface area contributed by atoms with E-state index >= 15 is 0 Å². The average molecular weight is 936 g/mol. The van der Waals surface area contributed by atoms with Crippen LogP contribution in [0.5, 0.6) is 0 Å². The van der Waals surface area contributed by atoms with E-state index < -0.39 is 57.7 Å². The van der Waals surface area contributed by atoms with Gasteiger partial charge in [0, 0.05) is 70.8 Å². The van der Waals surface area contributed by atoms with Gasteiger partial charge in [-0.05, 0) is 111 Å². The molecule has 0 unspecified atom stereocenters. The molecule has 0 atom stereocenters. The van der Waals surface area contributed by atoms with Crippen molar-refractivity contribution < 1.29 is 51.4 Å². The molecule has 3 aromatic carbocycles. The van der Waals surface area contributed by atoms with E-state index in [2.05, 4.69) is 35.6 Å². The molecule has 0 saturated carbocycles. The van der Waals surface area contributed by atoms with E-state index in [1.807, 2.05) is 63.2 Å². The highest BCUT2D eigenvalue weighted by Gasteiger charge is 2.34. The molecular weight excluding hydrogens is 887 g/mol. The fourth-order valence-corrected chi connectivity index (χ4v) is 9.83. The highest BCUT2D eigenvalue weighted by molar-refractivity contribution is 7.91. The number of rotatable bonds is 11. The number of benzene rings is 3. The van der Waals surface area contributed by atoms with Crippen molar-refractivity contribution in [3.05, 3.63) is 88.4 Å². The summed E-state index contributed by atoms with van der Waals surface area (Å²) in [6.07, 6.45) is -0.303. The van der Waals surface area contributed by atoms with Crippen molar-refractivity contribution in [2.24, 2.45) is 0 Å². The van der Waals surface area contributed by atoms with Crippen molar-refractivity contribution in [2.45, 2.75) is 45.6 Å². The standard InChI is InChI=1S/C46H49N9O11S/c1-46(2,3)66-45(61)55-16-13-27-30-23-36(52-33(30)7-10-39(27)55)42(58)54-15-12-26-29-22-35(51-32(29)6-9-38(26)54)41(57)53-14-11-25-28-21-34(50-31(28)5-8-37(25)53)40(56)48-24-49-44(60)65-18-20-67(62,63)19-17-64-43(59)47-4/h5-10,21-23,50-52H,11-20,24H2,1-4H3,(H,47,59)(H,48,56)(H,49,60). The number of carbonyl (C=O) groups excluding carboxylic acids is 6. The summed E-state index contributed by atoms with van der Waals surface area (Å²) in [5.74, 6) is -1.82. The zero-order valence-electron chi connectivity index (χ0n) is 37.2. The van der Waals surface area contributed by atoms with Crippen molar-refractivity contribution in [2.75, 3.05) is 72.8 Å². The Morgan fingerprint density at radius 1 is 0.612 bits per heavy atom. The van der Waals surface area contributed by atoms with Crippen LogP contribution in [0.25, 0.3) is 32.7 Å². The number of anilines is 3. The van der Waals surface area contributed by atoms with Crippen LogP contribution in [0.2, 0.25) is 0 Å². The molecule has 3 aromatic heterocycles. The van der Waals surface area contributed by atoms with Crippen LogP contribution in [0, 0.1) is 0 Å². The summed E-state index contributed by atoms with van der Waals surface area (Å²) in [5.41, 5.74) is 7.86. The van der Waals surface area contributed by atoms with Gasteiger partial charge in [0.2, 0.25) is 0 Å². The second-order valence-corrected chi connectivity index (χ2v) is 19.8. The Morgan fingerprint density at radius 2 is 1.04 bits per heavy atom. The summed E-state index contributed by atoms with van der Waals surface area (Å²) in [4.78, 5) is 92.3. The normalized spacial score (nSPS) is 14.3. The predicted octanol–water partition coefficient (Wildman–Crippen LogP) is 5.02. The van der Waals surface area contributed by atoms with Crippen LogP contribution in [0.1, 0.15) is 68.9 Å². The molecule has 6 N–H and O–H groups in total. The number of H-pyrrole nitrogens is 3. The molecule has 0 aliphatic carbocycles. The molecule has 9 rings (SSSR count). The zero-order valence-corrected chi connectivity index (χ0v) is 38.0. The number of amides is 6. The maximum absolute atomic E-state index is 14.2. The van der Waals surface area contributed by atoms with E-state index in [1.54, 1.807) is 26.8 Å². The molecule has 0 saturated heterocycles. The molecule has 3 aliphatic rings. The minimum Gasteiger partial charge on any atom is -0.448 e. The van der Waals surface area contributed by atoms with Gasteiger partial charge in [0.25, 0.3) is 17.7 Å². The summed E-state index contributed by atoms with van der Waals surface area (Å²) < 4.78 is 39.4. The van der Waals surface area contributed by atoms with Gasteiger partial charge >= 0.3 is 18.3 Å². The fraction of sp³-hybridized carbons (Fsp3) is 0.348. The van der Waals surface area contributed by atoms with Gasteiger partial charge in [0.05, 0.1) is 23.9 Å². The zero-order chi connectivity index (χ0) is 47.4. The molecule has 0 fully saturated rings. The molecule has 0 spiro atoms. The van der Waals surface area contributed by atoms with Gasteiger partial charge in [-0.2, -0.15) is 0 Å². The molecule has 0 bridgehead atoms. The number of carbonyl (C=O) groups is 6. The number of sulfone groups is 1. The molecule has 67 heavy (non-hydrogen) atoms.